The molecule has 5 heteroatoms. The molecule has 1 aromatic rings. The predicted octanol–water partition coefficient (Wildman–Crippen LogP) is 2.91. The van der Waals surface area contributed by atoms with E-state index in [4.69, 9.17) is 11.6 Å². The van der Waals surface area contributed by atoms with Crippen molar-refractivity contribution in [2.45, 2.75) is 30.0 Å². The fourth-order valence-electron chi connectivity index (χ4n) is 1.54. The first kappa shape index (κ1) is 14.3. The SMILES string of the molecule is CC(Cl)CCCNc1ccccc1S(C)(=O)=O. The zero-order chi connectivity index (χ0) is 12.9. The summed E-state index contributed by atoms with van der Waals surface area (Å²) in [5.74, 6) is 0. The second-order valence-corrected chi connectivity index (χ2v) is 6.85. The summed E-state index contributed by atoms with van der Waals surface area (Å²) in [6.07, 6.45) is 3.05. The van der Waals surface area contributed by atoms with E-state index in [0.29, 0.717) is 10.6 Å². The van der Waals surface area contributed by atoms with Gasteiger partial charge in [0, 0.05) is 18.2 Å². The summed E-state index contributed by atoms with van der Waals surface area (Å²) in [6, 6.07) is 6.94. The maximum Gasteiger partial charge on any atom is 0.177 e. The van der Waals surface area contributed by atoms with Crippen molar-refractivity contribution in [2.75, 3.05) is 18.1 Å². The molecule has 0 amide bonds. The normalized spacial score (nSPS) is 13.4. The molecule has 0 aromatic heterocycles. The Morgan fingerprint density at radius 1 is 1.35 bits per heavy atom. The lowest BCUT2D eigenvalue weighted by molar-refractivity contribution is 0.602. The number of benzene rings is 1. The molecule has 1 aromatic carbocycles. The predicted molar refractivity (Wildman–Crippen MR) is 72.6 cm³/mol. The minimum absolute atomic E-state index is 0.155. The molecule has 0 bridgehead atoms. The van der Waals surface area contributed by atoms with Gasteiger partial charge in [-0.1, -0.05) is 12.1 Å². The number of halogens is 1. The highest BCUT2D eigenvalue weighted by Crippen LogP contribution is 2.20. The van der Waals surface area contributed by atoms with Crippen LogP contribution in [-0.2, 0) is 9.84 Å². The average Bonchev–Trinajstić information content (AvgIpc) is 2.23. The summed E-state index contributed by atoms with van der Waals surface area (Å²) >= 11 is 5.84. The second kappa shape index (κ2) is 6.26. The molecule has 3 nitrogen and oxygen atoms in total. The van der Waals surface area contributed by atoms with Crippen molar-refractivity contribution in [3.63, 3.8) is 0 Å². The first-order chi connectivity index (χ1) is 7.91. The standard InChI is InChI=1S/C12H18ClNO2S/c1-10(13)6-5-9-14-11-7-3-4-8-12(11)17(2,15)16/h3-4,7-8,10,14H,5-6,9H2,1-2H3. The summed E-state index contributed by atoms with van der Waals surface area (Å²) in [7, 11) is -3.18. The fraction of sp³-hybridized carbons (Fsp3) is 0.500. The number of hydrogen-bond donors (Lipinski definition) is 1. The van der Waals surface area contributed by atoms with Crippen LogP contribution < -0.4 is 5.32 Å². The van der Waals surface area contributed by atoms with Gasteiger partial charge in [-0.05, 0) is 31.9 Å². The van der Waals surface area contributed by atoms with Crippen molar-refractivity contribution < 1.29 is 8.42 Å². The van der Waals surface area contributed by atoms with Gasteiger partial charge in [-0.15, -0.1) is 11.6 Å². The van der Waals surface area contributed by atoms with Gasteiger partial charge in [0.25, 0.3) is 0 Å². The Hall–Kier alpha value is -0.740. The van der Waals surface area contributed by atoms with Crippen LogP contribution in [0, 0.1) is 0 Å². The van der Waals surface area contributed by atoms with E-state index in [2.05, 4.69) is 5.32 Å². The molecule has 96 valence electrons. The van der Waals surface area contributed by atoms with E-state index < -0.39 is 9.84 Å². The third-order valence-electron chi connectivity index (χ3n) is 2.38. The van der Waals surface area contributed by atoms with Crippen molar-refractivity contribution in [1.29, 1.82) is 0 Å². The number of hydrogen-bond acceptors (Lipinski definition) is 3. The molecule has 1 N–H and O–H groups in total. The van der Waals surface area contributed by atoms with Crippen molar-refractivity contribution in [1.82, 2.24) is 0 Å². The Morgan fingerprint density at radius 3 is 2.59 bits per heavy atom. The van der Waals surface area contributed by atoms with E-state index in [1.54, 1.807) is 18.2 Å². The minimum atomic E-state index is -3.18. The minimum Gasteiger partial charge on any atom is -0.384 e. The first-order valence-corrected chi connectivity index (χ1v) is 7.91. The third kappa shape index (κ3) is 4.96. The van der Waals surface area contributed by atoms with E-state index in [-0.39, 0.29) is 5.38 Å². The van der Waals surface area contributed by atoms with Crippen molar-refractivity contribution in [2.24, 2.45) is 0 Å². The van der Waals surface area contributed by atoms with E-state index in [1.807, 2.05) is 13.0 Å². The molecule has 0 saturated carbocycles. The summed E-state index contributed by atoms with van der Waals surface area (Å²) in [4.78, 5) is 0.346. The van der Waals surface area contributed by atoms with Gasteiger partial charge in [0.15, 0.2) is 9.84 Å². The highest BCUT2D eigenvalue weighted by atomic mass is 35.5. The highest BCUT2D eigenvalue weighted by molar-refractivity contribution is 7.90. The van der Waals surface area contributed by atoms with Gasteiger partial charge in [0.1, 0.15) is 0 Å². The number of nitrogens with one attached hydrogen (secondary N) is 1. The lowest BCUT2D eigenvalue weighted by Gasteiger charge is -2.10. The fourth-order valence-corrected chi connectivity index (χ4v) is 2.56. The molecule has 0 heterocycles. The van der Waals surface area contributed by atoms with Crippen LogP contribution in [0.3, 0.4) is 0 Å². The third-order valence-corrected chi connectivity index (χ3v) is 3.75. The molecule has 1 unspecified atom stereocenters. The van der Waals surface area contributed by atoms with Crippen LogP contribution in [0.5, 0.6) is 0 Å². The van der Waals surface area contributed by atoms with Crippen LogP contribution in [0.25, 0.3) is 0 Å². The molecule has 0 fully saturated rings. The van der Waals surface area contributed by atoms with E-state index in [1.165, 1.54) is 6.26 Å². The monoisotopic (exact) mass is 275 g/mol. The quantitative estimate of drug-likeness (QED) is 0.641. The van der Waals surface area contributed by atoms with E-state index in [9.17, 15) is 8.42 Å². The molecule has 0 saturated heterocycles. The molecule has 17 heavy (non-hydrogen) atoms. The Bertz CT molecular complexity index is 457. The van der Waals surface area contributed by atoms with Gasteiger partial charge >= 0.3 is 0 Å². The largest absolute Gasteiger partial charge is 0.384 e. The van der Waals surface area contributed by atoms with Gasteiger partial charge in [-0.3, -0.25) is 0 Å². The summed E-state index contributed by atoms with van der Waals surface area (Å²) in [6.45, 7) is 2.68. The summed E-state index contributed by atoms with van der Waals surface area (Å²) < 4.78 is 23.1. The van der Waals surface area contributed by atoms with Crippen molar-refractivity contribution in [3.8, 4) is 0 Å². The maximum atomic E-state index is 11.5. The Morgan fingerprint density at radius 2 is 2.00 bits per heavy atom. The lowest BCUT2D eigenvalue weighted by Crippen LogP contribution is -2.08. The maximum absolute atomic E-state index is 11.5. The van der Waals surface area contributed by atoms with E-state index >= 15 is 0 Å². The van der Waals surface area contributed by atoms with Gasteiger partial charge in [-0.25, -0.2) is 8.42 Å². The zero-order valence-electron chi connectivity index (χ0n) is 10.1. The second-order valence-electron chi connectivity index (χ2n) is 4.12. The molecule has 0 radical (unpaired) electrons. The van der Waals surface area contributed by atoms with Gasteiger partial charge < -0.3 is 5.32 Å². The number of alkyl halides is 1. The summed E-state index contributed by atoms with van der Waals surface area (Å²) in [5.41, 5.74) is 0.664. The molecule has 0 aliphatic heterocycles. The van der Waals surface area contributed by atoms with Crippen molar-refractivity contribution in [3.05, 3.63) is 24.3 Å². The van der Waals surface area contributed by atoms with Gasteiger partial charge in [0.2, 0.25) is 0 Å². The van der Waals surface area contributed by atoms with Gasteiger partial charge in [0.05, 0.1) is 10.6 Å². The first-order valence-electron chi connectivity index (χ1n) is 5.58. The Kier molecular flexibility index (Phi) is 5.28. The molecular formula is C12H18ClNO2S. The Balaban J connectivity index is 2.65. The molecular weight excluding hydrogens is 258 g/mol. The van der Waals surface area contributed by atoms with Crippen LogP contribution in [0.4, 0.5) is 5.69 Å². The van der Waals surface area contributed by atoms with E-state index in [0.717, 1.165) is 19.4 Å². The number of sulfone groups is 1. The van der Waals surface area contributed by atoms with Crippen LogP contribution in [0.1, 0.15) is 19.8 Å². The van der Waals surface area contributed by atoms with Crippen LogP contribution >= 0.6 is 11.6 Å². The summed E-state index contributed by atoms with van der Waals surface area (Å²) in [5, 5.41) is 3.29. The lowest BCUT2D eigenvalue weighted by atomic mass is 10.2. The molecule has 0 aliphatic rings. The van der Waals surface area contributed by atoms with Crippen molar-refractivity contribution >= 4 is 27.1 Å². The molecule has 1 atom stereocenters. The molecule has 1 rings (SSSR count). The smallest absolute Gasteiger partial charge is 0.177 e. The average molecular weight is 276 g/mol. The number of rotatable bonds is 6. The number of anilines is 1. The van der Waals surface area contributed by atoms with Crippen LogP contribution in [-0.4, -0.2) is 26.6 Å². The van der Waals surface area contributed by atoms with Crippen LogP contribution in [0.2, 0.25) is 0 Å². The zero-order valence-corrected chi connectivity index (χ0v) is 11.7. The molecule has 0 aliphatic carbocycles. The number of para-hydroxylation sites is 1. The van der Waals surface area contributed by atoms with Crippen LogP contribution in [0.15, 0.2) is 29.2 Å². The Labute approximate surface area is 108 Å². The van der Waals surface area contributed by atoms with Gasteiger partial charge in [-0.2, -0.15) is 0 Å². The highest BCUT2D eigenvalue weighted by Gasteiger charge is 2.11. The molecule has 0 spiro atoms. The topological polar surface area (TPSA) is 46.2 Å².